The van der Waals surface area contributed by atoms with E-state index in [4.69, 9.17) is 9.57 Å². The van der Waals surface area contributed by atoms with E-state index >= 15 is 0 Å². The number of aryl methyl sites for hydroxylation is 2. The van der Waals surface area contributed by atoms with Gasteiger partial charge in [0.2, 0.25) is 0 Å². The van der Waals surface area contributed by atoms with Crippen LogP contribution in [0.1, 0.15) is 75.2 Å². The average molecular weight is 547 g/mol. The van der Waals surface area contributed by atoms with Gasteiger partial charge in [0.15, 0.2) is 0 Å². The van der Waals surface area contributed by atoms with Gasteiger partial charge in [-0.25, -0.2) is 4.79 Å². The van der Waals surface area contributed by atoms with Crippen molar-refractivity contribution < 1.29 is 19.5 Å². The third-order valence-electron chi connectivity index (χ3n) is 6.72. The number of carbonyl (C=O) groups is 1. The summed E-state index contributed by atoms with van der Waals surface area (Å²) in [5, 5.41) is 12.3. The highest BCUT2D eigenvalue weighted by molar-refractivity contribution is 9.09. The number of alkyl halides is 1. The number of amides is 1. The Hall–Kier alpha value is -1.89. The number of cyclic esters (lactones) is 1. The number of carbonyl (C=O) groups excluding carboxylic acids is 1. The zero-order valence-electron chi connectivity index (χ0n) is 21.1. The molecule has 0 aliphatic carbocycles. The van der Waals surface area contributed by atoms with Gasteiger partial charge in [0.25, 0.3) is 0 Å². The first-order valence-corrected chi connectivity index (χ1v) is 13.9. The molecule has 1 heterocycles. The van der Waals surface area contributed by atoms with E-state index in [-0.39, 0.29) is 23.4 Å². The standard InChI is InChI=1S/C29H40BrNO4/c1-22(2)27-21-34-29(33)31(27)35-20-26(30)28(32)25-19-13-12-18-24(25)17-11-6-4-3-5-8-14-23-15-9-7-10-16-23/h7,9-10,12-13,15-16,18-19,22,26-28,32H,3-6,8,11,14,17,20-21H2,1-2H3/t26-,27+,28-/m0/s1. The summed E-state index contributed by atoms with van der Waals surface area (Å²) < 4.78 is 5.13. The molecule has 0 saturated carbocycles. The second kappa shape index (κ2) is 14.6. The highest BCUT2D eigenvalue weighted by Gasteiger charge is 2.37. The Morgan fingerprint density at radius 2 is 1.60 bits per heavy atom. The molecule has 0 bridgehead atoms. The Morgan fingerprint density at radius 1 is 0.971 bits per heavy atom. The molecular formula is C29H40BrNO4. The molecule has 1 saturated heterocycles. The predicted octanol–water partition coefficient (Wildman–Crippen LogP) is 7.02. The molecule has 192 valence electrons. The SMILES string of the molecule is CC(C)[C@H]1COC(=O)N1OC[C@H](Br)[C@@H](O)c1ccccc1CCCCCCCCc1ccccc1. The van der Waals surface area contributed by atoms with E-state index in [2.05, 4.69) is 52.3 Å². The topological polar surface area (TPSA) is 59.0 Å². The van der Waals surface area contributed by atoms with Crippen LogP contribution in [-0.2, 0) is 22.4 Å². The molecule has 1 N–H and O–H groups in total. The van der Waals surface area contributed by atoms with Crippen LogP contribution >= 0.6 is 15.9 Å². The normalized spacial score (nSPS) is 17.6. The molecule has 3 atom stereocenters. The largest absolute Gasteiger partial charge is 0.446 e. The van der Waals surface area contributed by atoms with Crippen molar-refractivity contribution in [2.45, 2.75) is 82.2 Å². The van der Waals surface area contributed by atoms with E-state index in [1.54, 1.807) is 0 Å². The van der Waals surface area contributed by atoms with E-state index in [0.29, 0.717) is 6.61 Å². The van der Waals surface area contributed by atoms with E-state index in [0.717, 1.165) is 18.4 Å². The molecule has 0 radical (unpaired) electrons. The van der Waals surface area contributed by atoms with Gasteiger partial charge < -0.3 is 9.84 Å². The fourth-order valence-corrected chi connectivity index (χ4v) is 4.92. The maximum absolute atomic E-state index is 12.0. The fourth-order valence-electron chi connectivity index (χ4n) is 4.52. The Morgan fingerprint density at radius 3 is 2.31 bits per heavy atom. The number of benzene rings is 2. The summed E-state index contributed by atoms with van der Waals surface area (Å²) in [4.78, 5) is 17.4. The van der Waals surface area contributed by atoms with Gasteiger partial charge in [0.05, 0.1) is 23.6 Å². The molecule has 1 amide bonds. The lowest BCUT2D eigenvalue weighted by atomic mass is 9.96. The highest BCUT2D eigenvalue weighted by atomic mass is 79.9. The van der Waals surface area contributed by atoms with Crippen molar-refractivity contribution in [2.24, 2.45) is 5.92 Å². The van der Waals surface area contributed by atoms with Gasteiger partial charge in [-0.15, -0.1) is 0 Å². The van der Waals surface area contributed by atoms with Crippen LogP contribution in [0.15, 0.2) is 54.6 Å². The summed E-state index contributed by atoms with van der Waals surface area (Å²) in [7, 11) is 0. The summed E-state index contributed by atoms with van der Waals surface area (Å²) in [5.74, 6) is 0.227. The number of ether oxygens (including phenoxy) is 1. The van der Waals surface area contributed by atoms with Gasteiger partial charge in [-0.1, -0.05) is 110 Å². The fraction of sp³-hybridized carbons (Fsp3) is 0.552. The summed E-state index contributed by atoms with van der Waals surface area (Å²) >= 11 is 3.58. The molecule has 6 heteroatoms. The number of unbranched alkanes of at least 4 members (excludes halogenated alkanes) is 5. The van der Waals surface area contributed by atoms with E-state index < -0.39 is 12.2 Å². The first-order chi connectivity index (χ1) is 17.0. The van der Waals surface area contributed by atoms with Crippen LogP contribution in [0.5, 0.6) is 0 Å². The minimum atomic E-state index is -0.722. The lowest BCUT2D eigenvalue weighted by Crippen LogP contribution is -2.39. The van der Waals surface area contributed by atoms with E-state index in [9.17, 15) is 9.90 Å². The third-order valence-corrected chi connectivity index (χ3v) is 7.49. The van der Waals surface area contributed by atoms with Crippen LogP contribution < -0.4 is 0 Å². The van der Waals surface area contributed by atoms with Gasteiger partial charge in [0.1, 0.15) is 6.61 Å². The molecule has 5 nitrogen and oxygen atoms in total. The quantitative estimate of drug-likeness (QED) is 0.193. The van der Waals surface area contributed by atoms with Gasteiger partial charge in [-0.05, 0) is 48.3 Å². The van der Waals surface area contributed by atoms with Gasteiger partial charge in [0, 0.05) is 0 Å². The number of nitrogens with zero attached hydrogens (tertiary/aromatic N) is 1. The molecule has 1 aliphatic rings. The molecule has 35 heavy (non-hydrogen) atoms. The lowest BCUT2D eigenvalue weighted by Gasteiger charge is -2.26. The van der Waals surface area contributed by atoms with E-state index in [1.807, 2.05) is 32.0 Å². The van der Waals surface area contributed by atoms with Crippen molar-refractivity contribution in [3.8, 4) is 0 Å². The van der Waals surface area contributed by atoms with Crippen LogP contribution in [0.2, 0.25) is 0 Å². The number of rotatable bonds is 15. The van der Waals surface area contributed by atoms with Gasteiger partial charge in [-0.3, -0.25) is 4.84 Å². The number of hydroxylamine groups is 2. The molecule has 0 unspecified atom stereocenters. The number of aliphatic hydroxyl groups excluding tert-OH is 1. The van der Waals surface area contributed by atoms with Crippen LogP contribution in [0.25, 0.3) is 0 Å². The van der Waals surface area contributed by atoms with Crippen molar-refractivity contribution in [3.05, 3.63) is 71.3 Å². The van der Waals surface area contributed by atoms with Crippen molar-refractivity contribution in [2.75, 3.05) is 13.2 Å². The van der Waals surface area contributed by atoms with Crippen LogP contribution in [0.3, 0.4) is 0 Å². The highest BCUT2D eigenvalue weighted by Crippen LogP contribution is 2.28. The first kappa shape index (κ1) is 27.7. The summed E-state index contributed by atoms with van der Waals surface area (Å²) in [6.07, 6.45) is 8.29. The lowest BCUT2D eigenvalue weighted by molar-refractivity contribution is -0.142. The maximum atomic E-state index is 12.0. The second-order valence-electron chi connectivity index (χ2n) is 9.78. The Bertz CT molecular complexity index is 891. The molecule has 3 rings (SSSR count). The molecule has 2 aromatic carbocycles. The zero-order chi connectivity index (χ0) is 25.0. The maximum Gasteiger partial charge on any atom is 0.434 e. The van der Waals surface area contributed by atoms with E-state index in [1.165, 1.54) is 54.7 Å². The molecule has 0 aromatic heterocycles. The minimum absolute atomic E-state index is 0.107. The molecule has 0 spiro atoms. The summed E-state index contributed by atoms with van der Waals surface area (Å²) in [5.41, 5.74) is 3.53. The third kappa shape index (κ3) is 8.62. The second-order valence-corrected chi connectivity index (χ2v) is 11.0. The number of hydrogen-bond acceptors (Lipinski definition) is 4. The number of aliphatic hydroxyl groups is 1. The number of hydrogen-bond donors (Lipinski definition) is 1. The van der Waals surface area contributed by atoms with Gasteiger partial charge >= 0.3 is 6.09 Å². The van der Waals surface area contributed by atoms with Crippen LogP contribution in [0, 0.1) is 5.92 Å². The molecule has 1 aliphatic heterocycles. The summed E-state index contributed by atoms with van der Waals surface area (Å²) in [6, 6.07) is 18.7. The minimum Gasteiger partial charge on any atom is -0.446 e. The first-order valence-electron chi connectivity index (χ1n) is 13.0. The van der Waals surface area contributed by atoms with Crippen molar-refractivity contribution in [1.29, 1.82) is 0 Å². The summed E-state index contributed by atoms with van der Waals surface area (Å²) in [6.45, 7) is 4.58. The Kier molecular flexibility index (Phi) is 11.6. The molecular weight excluding hydrogens is 506 g/mol. The number of halogens is 1. The molecule has 1 fully saturated rings. The van der Waals surface area contributed by atoms with Crippen LogP contribution in [0.4, 0.5) is 4.79 Å². The zero-order valence-corrected chi connectivity index (χ0v) is 22.7. The van der Waals surface area contributed by atoms with Crippen molar-refractivity contribution in [1.82, 2.24) is 5.06 Å². The van der Waals surface area contributed by atoms with Crippen LogP contribution in [-0.4, -0.2) is 40.3 Å². The Labute approximate surface area is 218 Å². The monoisotopic (exact) mass is 545 g/mol. The Balaban J connectivity index is 1.38. The predicted molar refractivity (Wildman–Crippen MR) is 143 cm³/mol. The molecule has 2 aromatic rings. The van der Waals surface area contributed by atoms with Gasteiger partial charge in [-0.2, -0.15) is 5.06 Å². The van der Waals surface area contributed by atoms with Crippen molar-refractivity contribution in [3.63, 3.8) is 0 Å². The average Bonchev–Trinajstić information content (AvgIpc) is 3.25. The smallest absolute Gasteiger partial charge is 0.434 e. The van der Waals surface area contributed by atoms with Crippen molar-refractivity contribution >= 4 is 22.0 Å².